The highest BCUT2D eigenvalue weighted by Gasteiger charge is 2.12. The topological polar surface area (TPSA) is 57.3 Å². The van der Waals surface area contributed by atoms with Gasteiger partial charge < -0.3 is 9.15 Å². The lowest BCUT2D eigenvalue weighted by Crippen LogP contribution is -2.17. The van der Waals surface area contributed by atoms with Crippen LogP contribution >= 0.6 is 11.6 Å². The summed E-state index contributed by atoms with van der Waals surface area (Å²) >= 11 is 5.99. The van der Waals surface area contributed by atoms with Crippen molar-refractivity contribution in [3.63, 3.8) is 0 Å². The van der Waals surface area contributed by atoms with Crippen molar-refractivity contribution in [1.82, 2.24) is 9.78 Å². The van der Waals surface area contributed by atoms with Crippen molar-refractivity contribution in [2.75, 3.05) is 7.11 Å². The van der Waals surface area contributed by atoms with Crippen molar-refractivity contribution in [2.24, 2.45) is 0 Å². The third-order valence-electron chi connectivity index (χ3n) is 3.19. The third-order valence-corrected chi connectivity index (χ3v) is 3.42. The predicted molar refractivity (Wildman–Crippen MR) is 83.3 cm³/mol. The summed E-state index contributed by atoms with van der Waals surface area (Å²) in [4.78, 5) is 12.0. The molecule has 0 N–H and O–H groups in total. The summed E-state index contributed by atoms with van der Waals surface area (Å²) in [5, 5.41) is 4.78. The Morgan fingerprint density at radius 2 is 2.00 bits per heavy atom. The Morgan fingerprint density at radius 1 is 1.23 bits per heavy atom. The summed E-state index contributed by atoms with van der Waals surface area (Å²) in [5.74, 6) is 0.396. The summed E-state index contributed by atoms with van der Waals surface area (Å²) in [6, 6.07) is 14.5. The third kappa shape index (κ3) is 2.89. The SMILES string of the molecule is COc1ccc(Cl)cc1Cn1nc(-c2ccccc2)oc1=O. The van der Waals surface area contributed by atoms with E-state index in [-0.39, 0.29) is 12.4 Å². The lowest BCUT2D eigenvalue weighted by Gasteiger charge is -2.07. The number of nitrogens with zero attached hydrogens (tertiary/aromatic N) is 2. The van der Waals surface area contributed by atoms with Gasteiger partial charge in [0.2, 0.25) is 5.89 Å². The second kappa shape index (κ2) is 6.07. The second-order valence-corrected chi connectivity index (χ2v) is 5.09. The average Bonchev–Trinajstić information content (AvgIpc) is 2.90. The van der Waals surface area contributed by atoms with E-state index in [0.717, 1.165) is 11.1 Å². The van der Waals surface area contributed by atoms with Crippen molar-refractivity contribution < 1.29 is 9.15 Å². The molecule has 6 heteroatoms. The van der Waals surface area contributed by atoms with E-state index in [1.807, 2.05) is 30.3 Å². The molecule has 0 aliphatic carbocycles. The van der Waals surface area contributed by atoms with Crippen LogP contribution in [-0.2, 0) is 6.54 Å². The quantitative estimate of drug-likeness (QED) is 0.741. The van der Waals surface area contributed by atoms with Crippen molar-refractivity contribution in [3.05, 3.63) is 69.7 Å². The number of hydrogen-bond donors (Lipinski definition) is 0. The molecule has 22 heavy (non-hydrogen) atoms. The van der Waals surface area contributed by atoms with Crippen LogP contribution in [0.15, 0.2) is 57.7 Å². The first-order valence-corrected chi connectivity index (χ1v) is 7.01. The molecule has 0 bridgehead atoms. The van der Waals surface area contributed by atoms with Crippen LogP contribution < -0.4 is 10.5 Å². The van der Waals surface area contributed by atoms with Gasteiger partial charge in [-0.15, -0.1) is 5.10 Å². The molecule has 0 aliphatic rings. The maximum atomic E-state index is 12.0. The molecule has 0 unspecified atom stereocenters. The number of aromatic nitrogens is 2. The first kappa shape index (κ1) is 14.4. The first-order valence-electron chi connectivity index (χ1n) is 6.63. The number of methoxy groups -OCH3 is 1. The molecule has 1 heterocycles. The molecule has 3 rings (SSSR count). The Bertz CT molecular complexity index is 840. The molecule has 0 amide bonds. The Kier molecular flexibility index (Phi) is 3.98. The largest absolute Gasteiger partial charge is 0.496 e. The van der Waals surface area contributed by atoms with Gasteiger partial charge in [0.1, 0.15) is 5.75 Å². The summed E-state index contributed by atoms with van der Waals surface area (Å²) in [5.41, 5.74) is 1.50. The van der Waals surface area contributed by atoms with Crippen LogP contribution in [0.25, 0.3) is 11.5 Å². The number of ether oxygens (including phenoxy) is 1. The summed E-state index contributed by atoms with van der Waals surface area (Å²) in [6.07, 6.45) is 0. The van der Waals surface area contributed by atoms with Crippen LogP contribution in [0.2, 0.25) is 5.02 Å². The molecule has 1 aromatic heterocycles. The fraction of sp³-hybridized carbons (Fsp3) is 0.125. The molecule has 2 aromatic carbocycles. The molecule has 0 saturated carbocycles. The molecule has 0 atom stereocenters. The Labute approximate surface area is 131 Å². The van der Waals surface area contributed by atoms with Crippen LogP contribution in [0.1, 0.15) is 5.56 Å². The van der Waals surface area contributed by atoms with Gasteiger partial charge in [0.25, 0.3) is 0 Å². The number of rotatable bonds is 4. The monoisotopic (exact) mass is 316 g/mol. The molecule has 0 radical (unpaired) electrons. The highest BCUT2D eigenvalue weighted by atomic mass is 35.5. The van der Waals surface area contributed by atoms with Gasteiger partial charge >= 0.3 is 5.76 Å². The molecule has 112 valence electrons. The zero-order valence-electron chi connectivity index (χ0n) is 11.8. The lowest BCUT2D eigenvalue weighted by atomic mass is 10.2. The van der Waals surface area contributed by atoms with Crippen LogP contribution in [-0.4, -0.2) is 16.9 Å². The Balaban J connectivity index is 1.96. The van der Waals surface area contributed by atoms with Crippen LogP contribution in [0.5, 0.6) is 5.75 Å². The van der Waals surface area contributed by atoms with Crippen molar-refractivity contribution in [2.45, 2.75) is 6.54 Å². The summed E-state index contributed by atoms with van der Waals surface area (Å²) in [7, 11) is 1.56. The van der Waals surface area contributed by atoms with E-state index >= 15 is 0 Å². The van der Waals surface area contributed by atoms with E-state index in [9.17, 15) is 4.79 Å². The summed E-state index contributed by atoms with van der Waals surface area (Å²) in [6.45, 7) is 0.221. The van der Waals surface area contributed by atoms with Crippen molar-refractivity contribution >= 4 is 11.6 Å². The maximum absolute atomic E-state index is 12.0. The predicted octanol–water partition coefficient (Wildman–Crippen LogP) is 3.21. The number of halogens is 1. The summed E-state index contributed by atoms with van der Waals surface area (Å²) < 4.78 is 11.7. The standard InChI is InChI=1S/C16H13ClN2O3/c1-21-14-8-7-13(17)9-12(14)10-19-16(20)22-15(18-19)11-5-3-2-4-6-11/h2-9H,10H2,1H3. The Hall–Kier alpha value is -2.53. The molecule has 3 aromatic rings. The lowest BCUT2D eigenvalue weighted by molar-refractivity contribution is 0.405. The van der Waals surface area contributed by atoms with E-state index in [4.69, 9.17) is 20.8 Å². The van der Waals surface area contributed by atoms with E-state index in [1.165, 1.54) is 4.68 Å². The minimum atomic E-state index is -0.527. The molecular weight excluding hydrogens is 304 g/mol. The van der Waals surface area contributed by atoms with Gasteiger partial charge in [-0.05, 0) is 30.3 Å². The van der Waals surface area contributed by atoms with E-state index in [2.05, 4.69) is 5.10 Å². The molecule has 0 saturated heterocycles. The van der Waals surface area contributed by atoms with E-state index in [0.29, 0.717) is 10.8 Å². The molecule has 0 spiro atoms. The highest BCUT2D eigenvalue weighted by molar-refractivity contribution is 6.30. The van der Waals surface area contributed by atoms with E-state index in [1.54, 1.807) is 25.3 Å². The zero-order chi connectivity index (χ0) is 15.5. The molecular formula is C16H13ClN2O3. The second-order valence-electron chi connectivity index (χ2n) is 4.65. The van der Waals surface area contributed by atoms with E-state index < -0.39 is 5.76 Å². The number of hydrogen-bond acceptors (Lipinski definition) is 4. The maximum Gasteiger partial charge on any atom is 0.437 e. The molecule has 0 aliphatic heterocycles. The fourth-order valence-corrected chi connectivity index (χ4v) is 2.33. The van der Waals surface area contributed by atoms with Gasteiger partial charge in [0.15, 0.2) is 0 Å². The molecule has 5 nitrogen and oxygen atoms in total. The first-order chi connectivity index (χ1) is 10.7. The van der Waals surface area contributed by atoms with Gasteiger partial charge in [0.05, 0.1) is 13.7 Å². The van der Waals surface area contributed by atoms with Crippen LogP contribution in [0.3, 0.4) is 0 Å². The smallest absolute Gasteiger partial charge is 0.437 e. The minimum absolute atomic E-state index is 0.221. The van der Waals surface area contributed by atoms with Crippen molar-refractivity contribution in [3.8, 4) is 17.2 Å². The average molecular weight is 317 g/mol. The number of benzene rings is 2. The normalized spacial score (nSPS) is 10.6. The minimum Gasteiger partial charge on any atom is -0.496 e. The van der Waals surface area contributed by atoms with Crippen LogP contribution in [0.4, 0.5) is 0 Å². The van der Waals surface area contributed by atoms with Crippen molar-refractivity contribution in [1.29, 1.82) is 0 Å². The Morgan fingerprint density at radius 3 is 2.73 bits per heavy atom. The molecule has 0 fully saturated rings. The zero-order valence-corrected chi connectivity index (χ0v) is 12.6. The van der Waals surface area contributed by atoms with Gasteiger partial charge in [-0.3, -0.25) is 0 Å². The fourth-order valence-electron chi connectivity index (χ4n) is 2.14. The van der Waals surface area contributed by atoms with Gasteiger partial charge in [-0.2, -0.15) is 4.68 Å². The van der Waals surface area contributed by atoms with Crippen LogP contribution in [0, 0.1) is 0 Å². The van der Waals surface area contributed by atoms with Gasteiger partial charge in [0, 0.05) is 16.1 Å². The van der Waals surface area contributed by atoms with Gasteiger partial charge in [-0.1, -0.05) is 29.8 Å². The van der Waals surface area contributed by atoms with Gasteiger partial charge in [-0.25, -0.2) is 4.79 Å². The highest BCUT2D eigenvalue weighted by Crippen LogP contribution is 2.23.